The molecule has 22 heavy (non-hydrogen) atoms. The maximum Gasteiger partial charge on any atom is 0.200 e. The number of rotatable bonds is 4. The van der Waals surface area contributed by atoms with Gasteiger partial charge in [-0.25, -0.2) is 22.0 Å². The third-order valence-corrected chi connectivity index (χ3v) is 2.69. The summed E-state index contributed by atoms with van der Waals surface area (Å²) < 4.78 is 70.5. The lowest BCUT2D eigenvalue weighted by atomic mass is 10.2. The highest BCUT2D eigenvalue weighted by molar-refractivity contribution is 5.80. The largest absolute Gasteiger partial charge is 0.497 e. The van der Waals surface area contributed by atoms with Crippen LogP contribution in [0.5, 0.6) is 5.75 Å². The van der Waals surface area contributed by atoms with E-state index in [9.17, 15) is 22.0 Å². The number of hydrogen-bond acceptors (Lipinski definition) is 3. The van der Waals surface area contributed by atoms with Crippen molar-refractivity contribution in [1.29, 1.82) is 0 Å². The molecule has 2 aromatic rings. The highest BCUT2D eigenvalue weighted by Gasteiger charge is 2.25. The summed E-state index contributed by atoms with van der Waals surface area (Å²) in [5.41, 5.74) is 1.08. The molecule has 0 heterocycles. The van der Waals surface area contributed by atoms with Gasteiger partial charge in [0.05, 0.1) is 13.3 Å². The molecule has 0 atom stereocenters. The number of halogens is 5. The number of benzene rings is 2. The average molecular weight is 316 g/mol. The Balaban J connectivity index is 2.26. The van der Waals surface area contributed by atoms with Crippen LogP contribution in [0.3, 0.4) is 0 Å². The van der Waals surface area contributed by atoms with E-state index in [1.165, 1.54) is 7.11 Å². The van der Waals surface area contributed by atoms with Crippen molar-refractivity contribution >= 4 is 11.9 Å². The maximum absolute atomic E-state index is 13.4. The minimum atomic E-state index is -2.22. The first-order chi connectivity index (χ1) is 10.5. The molecule has 0 bridgehead atoms. The van der Waals surface area contributed by atoms with Gasteiger partial charge in [0.25, 0.3) is 0 Å². The quantitative estimate of drug-likeness (QED) is 0.306. The summed E-state index contributed by atoms with van der Waals surface area (Å²) in [6.45, 7) is 0. The van der Waals surface area contributed by atoms with Gasteiger partial charge in [-0.05, 0) is 17.7 Å². The molecule has 0 spiro atoms. The second kappa shape index (κ2) is 6.42. The van der Waals surface area contributed by atoms with Crippen LogP contribution in [-0.4, -0.2) is 13.3 Å². The second-order valence-corrected chi connectivity index (χ2v) is 4.09. The maximum atomic E-state index is 13.4. The minimum absolute atomic E-state index is 0.496. The van der Waals surface area contributed by atoms with Crippen molar-refractivity contribution in [2.75, 3.05) is 12.5 Å². The van der Waals surface area contributed by atoms with Gasteiger partial charge in [0.2, 0.25) is 5.82 Å². The van der Waals surface area contributed by atoms with Crippen LogP contribution in [0.2, 0.25) is 0 Å². The fourth-order valence-electron chi connectivity index (χ4n) is 1.60. The topological polar surface area (TPSA) is 33.6 Å². The molecule has 0 aliphatic rings. The van der Waals surface area contributed by atoms with Crippen LogP contribution in [0.1, 0.15) is 5.56 Å². The van der Waals surface area contributed by atoms with E-state index in [0.29, 0.717) is 11.3 Å². The van der Waals surface area contributed by atoms with Crippen LogP contribution in [-0.2, 0) is 0 Å². The molecular formula is C14H9F5N2O. The highest BCUT2D eigenvalue weighted by Crippen LogP contribution is 2.27. The summed E-state index contributed by atoms with van der Waals surface area (Å²) in [5.74, 6) is -9.77. The lowest BCUT2D eigenvalue weighted by Crippen LogP contribution is -2.06. The van der Waals surface area contributed by atoms with Crippen LogP contribution >= 0.6 is 0 Å². The van der Waals surface area contributed by atoms with E-state index in [1.807, 2.05) is 5.43 Å². The zero-order chi connectivity index (χ0) is 16.3. The Kier molecular flexibility index (Phi) is 4.59. The van der Waals surface area contributed by atoms with Gasteiger partial charge in [0.15, 0.2) is 23.3 Å². The zero-order valence-electron chi connectivity index (χ0n) is 11.1. The van der Waals surface area contributed by atoms with Crippen molar-refractivity contribution in [1.82, 2.24) is 0 Å². The summed E-state index contributed by atoms with van der Waals surface area (Å²) in [4.78, 5) is 0. The molecule has 2 rings (SSSR count). The fourth-order valence-corrected chi connectivity index (χ4v) is 1.60. The Hall–Kier alpha value is -2.64. The van der Waals surface area contributed by atoms with E-state index in [4.69, 9.17) is 4.74 Å². The Morgan fingerprint density at radius 2 is 1.55 bits per heavy atom. The molecule has 0 aliphatic carbocycles. The van der Waals surface area contributed by atoms with Gasteiger partial charge >= 0.3 is 0 Å². The molecular weight excluding hydrogens is 307 g/mol. The summed E-state index contributed by atoms with van der Waals surface area (Å²) in [6, 6.07) is 6.46. The number of ether oxygens (including phenoxy) is 1. The number of methoxy groups -OCH3 is 1. The van der Waals surface area contributed by atoms with Crippen LogP contribution in [0.4, 0.5) is 27.6 Å². The third-order valence-electron chi connectivity index (χ3n) is 2.69. The van der Waals surface area contributed by atoms with Gasteiger partial charge in [-0.15, -0.1) is 0 Å². The van der Waals surface area contributed by atoms with Gasteiger partial charge in [-0.1, -0.05) is 12.1 Å². The normalized spacial score (nSPS) is 11.0. The average Bonchev–Trinajstić information content (AvgIpc) is 2.54. The predicted octanol–water partition coefficient (Wildman–Crippen LogP) is 3.84. The number of anilines is 1. The lowest BCUT2D eigenvalue weighted by molar-refractivity contribution is 0.381. The lowest BCUT2D eigenvalue weighted by Gasteiger charge is -2.07. The first-order valence-electron chi connectivity index (χ1n) is 5.90. The van der Waals surface area contributed by atoms with E-state index < -0.39 is 34.8 Å². The molecule has 116 valence electrons. The van der Waals surface area contributed by atoms with E-state index in [1.54, 1.807) is 24.3 Å². The molecule has 0 amide bonds. The summed E-state index contributed by atoms with van der Waals surface area (Å²) in [7, 11) is 1.45. The molecule has 0 aromatic heterocycles. The van der Waals surface area contributed by atoms with Crippen LogP contribution in [0, 0.1) is 29.1 Å². The molecule has 0 radical (unpaired) electrons. The highest BCUT2D eigenvalue weighted by atomic mass is 19.2. The summed E-state index contributed by atoms with van der Waals surface area (Å²) >= 11 is 0. The van der Waals surface area contributed by atoms with Crippen LogP contribution in [0.25, 0.3) is 0 Å². The molecule has 0 saturated carbocycles. The van der Waals surface area contributed by atoms with Crippen molar-refractivity contribution in [3.63, 3.8) is 0 Å². The number of hydrogen-bond donors (Lipinski definition) is 1. The van der Waals surface area contributed by atoms with Gasteiger partial charge in [-0.3, -0.25) is 5.43 Å². The van der Waals surface area contributed by atoms with E-state index in [0.717, 1.165) is 6.21 Å². The van der Waals surface area contributed by atoms with Crippen molar-refractivity contribution in [3.05, 3.63) is 58.9 Å². The molecule has 8 heteroatoms. The fraction of sp³-hybridized carbons (Fsp3) is 0.0714. The van der Waals surface area contributed by atoms with Crippen molar-refractivity contribution in [2.24, 2.45) is 5.10 Å². The van der Waals surface area contributed by atoms with E-state index in [-0.39, 0.29) is 0 Å². The standard InChI is InChI=1S/C14H9F5N2O/c1-22-8-4-2-3-7(5-8)6-20-21-14-12(18)10(16)9(15)11(17)13(14)19/h2-6,21H,1H3/b20-6-. The Morgan fingerprint density at radius 1 is 0.955 bits per heavy atom. The van der Waals surface area contributed by atoms with E-state index >= 15 is 0 Å². The van der Waals surface area contributed by atoms with Crippen molar-refractivity contribution in [2.45, 2.75) is 0 Å². The minimum Gasteiger partial charge on any atom is -0.497 e. The number of hydrazone groups is 1. The van der Waals surface area contributed by atoms with Crippen LogP contribution in [0.15, 0.2) is 29.4 Å². The molecule has 2 aromatic carbocycles. The van der Waals surface area contributed by atoms with Gasteiger partial charge in [0, 0.05) is 0 Å². The summed E-state index contributed by atoms with van der Waals surface area (Å²) in [6.07, 6.45) is 1.14. The Morgan fingerprint density at radius 3 is 2.14 bits per heavy atom. The monoisotopic (exact) mass is 316 g/mol. The predicted molar refractivity (Wildman–Crippen MR) is 70.4 cm³/mol. The molecule has 3 nitrogen and oxygen atoms in total. The zero-order valence-corrected chi connectivity index (χ0v) is 11.1. The molecule has 1 N–H and O–H groups in total. The molecule has 0 unspecified atom stereocenters. The van der Waals surface area contributed by atoms with Gasteiger partial charge in [0.1, 0.15) is 11.4 Å². The number of nitrogens with zero attached hydrogens (tertiary/aromatic N) is 1. The van der Waals surface area contributed by atoms with E-state index in [2.05, 4.69) is 5.10 Å². The first-order valence-corrected chi connectivity index (χ1v) is 5.90. The second-order valence-electron chi connectivity index (χ2n) is 4.09. The third kappa shape index (κ3) is 3.00. The van der Waals surface area contributed by atoms with Crippen LogP contribution < -0.4 is 10.2 Å². The molecule has 0 saturated heterocycles. The SMILES string of the molecule is COc1cccc(/C=N\Nc2c(F)c(F)c(F)c(F)c2F)c1. The van der Waals surface area contributed by atoms with Crippen molar-refractivity contribution in [3.8, 4) is 5.75 Å². The summed E-state index contributed by atoms with van der Waals surface area (Å²) in [5, 5.41) is 3.45. The van der Waals surface area contributed by atoms with Crippen molar-refractivity contribution < 1.29 is 26.7 Å². The molecule has 0 aliphatic heterocycles. The molecule has 0 fully saturated rings. The van der Waals surface area contributed by atoms with Gasteiger partial charge < -0.3 is 4.74 Å². The smallest absolute Gasteiger partial charge is 0.200 e. The Labute approximate surface area is 122 Å². The first kappa shape index (κ1) is 15.7. The van der Waals surface area contributed by atoms with Gasteiger partial charge in [-0.2, -0.15) is 5.10 Å². The number of nitrogens with one attached hydrogen (secondary N) is 1. The Bertz CT molecular complexity index is 704.